The zero-order chi connectivity index (χ0) is 11.0. The van der Waals surface area contributed by atoms with Crippen LogP contribution in [0, 0.1) is 0 Å². The molecule has 1 aliphatic heterocycles. The third-order valence-electron chi connectivity index (χ3n) is 2.88. The molecular formula is C11H15N3O. The number of benzene rings is 1. The second-order valence-corrected chi connectivity index (χ2v) is 3.99. The molecule has 2 rings (SSSR count). The zero-order valence-corrected chi connectivity index (χ0v) is 8.68. The molecule has 1 aliphatic rings. The van der Waals surface area contributed by atoms with Crippen LogP contribution in [0.3, 0.4) is 0 Å². The molecule has 0 aromatic heterocycles. The summed E-state index contributed by atoms with van der Waals surface area (Å²) in [6, 6.07) is 7.36. The Labute approximate surface area is 88.9 Å². The Balaban J connectivity index is 2.34. The summed E-state index contributed by atoms with van der Waals surface area (Å²) < 4.78 is 0. The van der Waals surface area contributed by atoms with Gasteiger partial charge in [-0.3, -0.25) is 4.79 Å². The molecule has 0 radical (unpaired) electrons. The van der Waals surface area contributed by atoms with Gasteiger partial charge in [0, 0.05) is 25.2 Å². The van der Waals surface area contributed by atoms with E-state index < -0.39 is 0 Å². The molecule has 80 valence electrons. The standard InChI is InChI=1S/C11H15N3O/c1-14-10(15)6-9(13)11(14)7-3-2-4-8(12)5-7/h2-5,9,11H,6,12-13H2,1H3/t9-,11+/m0/s1. The highest BCUT2D eigenvalue weighted by Gasteiger charge is 2.35. The number of nitrogen functional groups attached to an aromatic ring is 1. The molecule has 4 N–H and O–H groups in total. The van der Waals surface area contributed by atoms with Crippen molar-refractivity contribution in [1.82, 2.24) is 4.90 Å². The lowest BCUT2D eigenvalue weighted by atomic mass is 10.0. The van der Waals surface area contributed by atoms with Gasteiger partial charge in [0.1, 0.15) is 0 Å². The van der Waals surface area contributed by atoms with Crippen LogP contribution in [0.1, 0.15) is 18.0 Å². The molecule has 4 heteroatoms. The van der Waals surface area contributed by atoms with E-state index >= 15 is 0 Å². The summed E-state index contributed by atoms with van der Waals surface area (Å²) in [4.78, 5) is 13.2. The van der Waals surface area contributed by atoms with Crippen LogP contribution >= 0.6 is 0 Å². The van der Waals surface area contributed by atoms with Crippen LogP contribution in [0.4, 0.5) is 5.69 Å². The lowest BCUT2D eigenvalue weighted by Gasteiger charge is -2.23. The van der Waals surface area contributed by atoms with Gasteiger partial charge in [0.2, 0.25) is 5.91 Å². The number of rotatable bonds is 1. The van der Waals surface area contributed by atoms with E-state index in [0.29, 0.717) is 12.1 Å². The summed E-state index contributed by atoms with van der Waals surface area (Å²) in [7, 11) is 1.78. The van der Waals surface area contributed by atoms with E-state index in [1.165, 1.54) is 0 Å². The quantitative estimate of drug-likeness (QED) is 0.656. The molecule has 0 unspecified atom stereocenters. The van der Waals surface area contributed by atoms with E-state index in [1.807, 2.05) is 24.3 Å². The smallest absolute Gasteiger partial charge is 0.224 e. The minimum atomic E-state index is -0.135. The second-order valence-electron chi connectivity index (χ2n) is 3.99. The Morgan fingerprint density at radius 2 is 2.20 bits per heavy atom. The first-order valence-corrected chi connectivity index (χ1v) is 4.96. The van der Waals surface area contributed by atoms with E-state index in [-0.39, 0.29) is 18.0 Å². The number of likely N-dealkylation sites (tertiary alicyclic amines) is 1. The molecule has 2 atom stereocenters. The van der Waals surface area contributed by atoms with Gasteiger partial charge in [0.15, 0.2) is 0 Å². The van der Waals surface area contributed by atoms with Gasteiger partial charge in [-0.05, 0) is 17.7 Å². The number of anilines is 1. The van der Waals surface area contributed by atoms with Crippen LogP contribution in [-0.2, 0) is 4.79 Å². The molecule has 1 fully saturated rings. The predicted molar refractivity (Wildman–Crippen MR) is 59.0 cm³/mol. The highest BCUT2D eigenvalue weighted by Crippen LogP contribution is 2.31. The molecule has 1 amide bonds. The number of hydrogen-bond donors (Lipinski definition) is 2. The first kappa shape index (κ1) is 9.98. The maximum atomic E-state index is 11.5. The number of nitrogens with two attached hydrogens (primary N) is 2. The van der Waals surface area contributed by atoms with Crippen LogP contribution in [-0.4, -0.2) is 23.9 Å². The summed E-state index contributed by atoms with van der Waals surface area (Å²) in [5, 5.41) is 0. The average molecular weight is 205 g/mol. The van der Waals surface area contributed by atoms with Crippen molar-refractivity contribution in [2.75, 3.05) is 12.8 Å². The van der Waals surface area contributed by atoms with Crippen molar-refractivity contribution in [3.05, 3.63) is 29.8 Å². The van der Waals surface area contributed by atoms with Crippen LogP contribution < -0.4 is 11.5 Å². The molecule has 0 saturated carbocycles. The van der Waals surface area contributed by atoms with Gasteiger partial charge >= 0.3 is 0 Å². The lowest BCUT2D eigenvalue weighted by Crippen LogP contribution is -2.30. The van der Waals surface area contributed by atoms with Crippen molar-refractivity contribution in [1.29, 1.82) is 0 Å². The van der Waals surface area contributed by atoms with E-state index in [0.717, 1.165) is 5.56 Å². The first-order valence-electron chi connectivity index (χ1n) is 4.96. The largest absolute Gasteiger partial charge is 0.399 e. The van der Waals surface area contributed by atoms with Gasteiger partial charge in [-0.25, -0.2) is 0 Å². The number of carbonyl (C=O) groups excluding carboxylic acids is 1. The highest BCUT2D eigenvalue weighted by atomic mass is 16.2. The fraction of sp³-hybridized carbons (Fsp3) is 0.364. The number of hydrogen-bond acceptors (Lipinski definition) is 3. The van der Waals surface area contributed by atoms with Crippen molar-refractivity contribution in [2.45, 2.75) is 18.5 Å². The van der Waals surface area contributed by atoms with E-state index in [1.54, 1.807) is 11.9 Å². The van der Waals surface area contributed by atoms with Gasteiger partial charge in [-0.1, -0.05) is 12.1 Å². The predicted octanol–water partition coefficient (Wildman–Crippen LogP) is 0.499. The monoisotopic (exact) mass is 205 g/mol. The summed E-state index contributed by atoms with van der Waals surface area (Å²) in [6.07, 6.45) is 0.413. The number of nitrogens with zero attached hydrogens (tertiary/aromatic N) is 1. The zero-order valence-electron chi connectivity index (χ0n) is 8.68. The van der Waals surface area contributed by atoms with Gasteiger partial charge in [0.25, 0.3) is 0 Å². The van der Waals surface area contributed by atoms with Gasteiger partial charge in [0.05, 0.1) is 6.04 Å². The van der Waals surface area contributed by atoms with E-state index in [2.05, 4.69) is 0 Å². The third kappa shape index (κ3) is 1.68. The van der Waals surface area contributed by atoms with Crippen LogP contribution in [0.25, 0.3) is 0 Å². The van der Waals surface area contributed by atoms with Crippen LogP contribution in [0.15, 0.2) is 24.3 Å². The molecular weight excluding hydrogens is 190 g/mol. The Morgan fingerprint density at radius 1 is 1.47 bits per heavy atom. The van der Waals surface area contributed by atoms with E-state index in [4.69, 9.17) is 11.5 Å². The highest BCUT2D eigenvalue weighted by molar-refractivity contribution is 5.80. The maximum Gasteiger partial charge on any atom is 0.224 e. The summed E-state index contributed by atoms with van der Waals surface area (Å²) in [6.45, 7) is 0. The maximum absolute atomic E-state index is 11.5. The molecule has 4 nitrogen and oxygen atoms in total. The average Bonchev–Trinajstić information content (AvgIpc) is 2.41. The van der Waals surface area contributed by atoms with Crippen molar-refractivity contribution < 1.29 is 4.79 Å². The van der Waals surface area contributed by atoms with Crippen molar-refractivity contribution in [3.63, 3.8) is 0 Å². The Kier molecular flexibility index (Phi) is 2.36. The molecule has 0 bridgehead atoms. The van der Waals surface area contributed by atoms with Gasteiger partial charge < -0.3 is 16.4 Å². The Morgan fingerprint density at radius 3 is 2.73 bits per heavy atom. The summed E-state index contributed by atoms with van der Waals surface area (Å²) >= 11 is 0. The molecule has 0 spiro atoms. The first-order chi connectivity index (χ1) is 7.09. The fourth-order valence-corrected chi connectivity index (χ4v) is 2.11. The van der Waals surface area contributed by atoms with Crippen LogP contribution in [0.2, 0.25) is 0 Å². The van der Waals surface area contributed by atoms with Crippen molar-refractivity contribution >= 4 is 11.6 Å². The fourth-order valence-electron chi connectivity index (χ4n) is 2.11. The van der Waals surface area contributed by atoms with Gasteiger partial charge in [-0.15, -0.1) is 0 Å². The molecule has 0 aliphatic carbocycles. The van der Waals surface area contributed by atoms with E-state index in [9.17, 15) is 4.79 Å². The topological polar surface area (TPSA) is 72.3 Å². The molecule has 1 aromatic carbocycles. The van der Waals surface area contributed by atoms with Gasteiger partial charge in [-0.2, -0.15) is 0 Å². The Hall–Kier alpha value is -1.55. The summed E-state index contributed by atoms with van der Waals surface area (Å²) in [5.41, 5.74) is 13.4. The molecule has 15 heavy (non-hydrogen) atoms. The third-order valence-corrected chi connectivity index (χ3v) is 2.88. The Bertz CT molecular complexity index is 391. The normalized spacial score (nSPS) is 26.0. The second kappa shape index (κ2) is 3.55. The SMILES string of the molecule is CN1C(=O)C[C@H](N)[C@H]1c1cccc(N)c1. The van der Waals surface area contributed by atoms with Crippen molar-refractivity contribution in [2.24, 2.45) is 5.73 Å². The number of carbonyl (C=O) groups is 1. The van der Waals surface area contributed by atoms with Crippen LogP contribution in [0.5, 0.6) is 0 Å². The minimum absolute atomic E-state index is 0.0407. The minimum Gasteiger partial charge on any atom is -0.399 e. The number of amides is 1. The molecule has 1 heterocycles. The summed E-state index contributed by atoms with van der Waals surface area (Å²) in [5.74, 6) is 0.0925. The molecule has 1 saturated heterocycles. The van der Waals surface area contributed by atoms with Crippen molar-refractivity contribution in [3.8, 4) is 0 Å². The number of likely N-dealkylation sites (N-methyl/N-ethyl adjacent to an activating group) is 1. The molecule has 1 aromatic rings. The lowest BCUT2D eigenvalue weighted by molar-refractivity contribution is -0.127.